The molecule has 1 aromatic rings. The topological polar surface area (TPSA) is 54.2 Å². The lowest BCUT2D eigenvalue weighted by Crippen LogP contribution is -2.50. The van der Waals surface area contributed by atoms with Gasteiger partial charge >= 0.3 is 0 Å². The summed E-state index contributed by atoms with van der Waals surface area (Å²) in [5.41, 5.74) is 0. The van der Waals surface area contributed by atoms with Crippen molar-refractivity contribution in [3.05, 3.63) is 11.7 Å². The van der Waals surface area contributed by atoms with Gasteiger partial charge in [0.05, 0.1) is 6.54 Å². The van der Waals surface area contributed by atoms with Crippen LogP contribution in [0.5, 0.6) is 0 Å². The molecule has 0 bridgehead atoms. The molecule has 1 unspecified atom stereocenters. The van der Waals surface area contributed by atoms with Gasteiger partial charge in [0.25, 0.3) is 0 Å². The molecule has 0 amide bonds. The molecule has 1 aliphatic heterocycles. The second-order valence-corrected chi connectivity index (χ2v) is 5.25. The molecule has 17 heavy (non-hydrogen) atoms. The van der Waals surface area contributed by atoms with Crippen molar-refractivity contribution in [3.8, 4) is 0 Å². The molecule has 0 spiro atoms. The zero-order valence-corrected chi connectivity index (χ0v) is 10.9. The average molecular weight is 238 g/mol. The molecule has 0 saturated carbocycles. The highest BCUT2D eigenvalue weighted by molar-refractivity contribution is 4.86. The van der Waals surface area contributed by atoms with E-state index in [1.54, 1.807) is 0 Å². The monoisotopic (exact) mass is 238 g/mol. The van der Waals surface area contributed by atoms with Crippen molar-refractivity contribution in [2.45, 2.75) is 39.8 Å². The van der Waals surface area contributed by atoms with Gasteiger partial charge in [-0.3, -0.25) is 4.90 Å². The summed E-state index contributed by atoms with van der Waals surface area (Å²) in [4.78, 5) is 6.64. The predicted octanol–water partition coefficient (Wildman–Crippen LogP) is 1.20. The smallest absolute Gasteiger partial charge is 0.240 e. The van der Waals surface area contributed by atoms with Crippen molar-refractivity contribution in [2.24, 2.45) is 5.92 Å². The third-order valence-corrected chi connectivity index (χ3v) is 3.02. The quantitative estimate of drug-likeness (QED) is 0.854. The summed E-state index contributed by atoms with van der Waals surface area (Å²) in [6, 6.07) is 0.591. The molecule has 96 valence electrons. The van der Waals surface area contributed by atoms with Gasteiger partial charge in [0.1, 0.15) is 0 Å². The van der Waals surface area contributed by atoms with Crippen molar-refractivity contribution < 1.29 is 4.52 Å². The minimum atomic E-state index is 0.591. The van der Waals surface area contributed by atoms with Crippen LogP contribution in [0.15, 0.2) is 4.52 Å². The van der Waals surface area contributed by atoms with E-state index in [9.17, 15) is 0 Å². The summed E-state index contributed by atoms with van der Waals surface area (Å²) in [5, 5.41) is 7.38. The van der Waals surface area contributed by atoms with Crippen LogP contribution in [0.1, 0.15) is 32.0 Å². The predicted molar refractivity (Wildman–Crippen MR) is 65.6 cm³/mol. The zero-order chi connectivity index (χ0) is 12.3. The van der Waals surface area contributed by atoms with Crippen molar-refractivity contribution in [1.82, 2.24) is 20.4 Å². The minimum Gasteiger partial charge on any atom is -0.338 e. The third kappa shape index (κ3) is 3.78. The van der Waals surface area contributed by atoms with Gasteiger partial charge < -0.3 is 9.84 Å². The number of nitrogens with zero attached hydrogens (tertiary/aromatic N) is 3. The zero-order valence-electron chi connectivity index (χ0n) is 10.9. The molecule has 1 aromatic heterocycles. The van der Waals surface area contributed by atoms with E-state index >= 15 is 0 Å². The Bertz CT molecular complexity index is 350. The standard InChI is InChI=1S/C12H22N4O/c1-9(2)6-11-7-16(5-4-13-11)8-12-14-10(3)15-17-12/h9,11,13H,4-8H2,1-3H3. The largest absolute Gasteiger partial charge is 0.338 e. The van der Waals surface area contributed by atoms with Crippen LogP contribution in [0, 0.1) is 12.8 Å². The van der Waals surface area contributed by atoms with Gasteiger partial charge in [-0.15, -0.1) is 0 Å². The number of aromatic nitrogens is 2. The Hall–Kier alpha value is -0.940. The molecule has 0 radical (unpaired) electrons. The maximum absolute atomic E-state index is 5.16. The van der Waals surface area contributed by atoms with E-state index in [1.165, 1.54) is 6.42 Å². The molecular formula is C12H22N4O. The Balaban J connectivity index is 1.85. The van der Waals surface area contributed by atoms with Crippen molar-refractivity contribution in [2.75, 3.05) is 19.6 Å². The SMILES string of the molecule is Cc1noc(CN2CCNC(CC(C)C)C2)n1. The molecular weight excluding hydrogens is 216 g/mol. The van der Waals surface area contributed by atoms with Crippen LogP contribution in [0.2, 0.25) is 0 Å². The van der Waals surface area contributed by atoms with Gasteiger partial charge in [-0.2, -0.15) is 4.98 Å². The first-order chi connectivity index (χ1) is 8.13. The van der Waals surface area contributed by atoms with E-state index < -0.39 is 0 Å². The van der Waals surface area contributed by atoms with E-state index in [4.69, 9.17) is 4.52 Å². The maximum Gasteiger partial charge on any atom is 0.240 e. The molecule has 1 saturated heterocycles. The van der Waals surface area contributed by atoms with Gasteiger partial charge in [-0.25, -0.2) is 0 Å². The summed E-state index contributed by atoms with van der Waals surface area (Å²) < 4.78 is 5.16. The summed E-state index contributed by atoms with van der Waals surface area (Å²) in [5.74, 6) is 2.18. The van der Waals surface area contributed by atoms with Gasteiger partial charge in [0.2, 0.25) is 5.89 Å². The molecule has 1 atom stereocenters. The normalized spacial score (nSPS) is 22.2. The molecule has 5 heteroatoms. The number of hydrogen-bond donors (Lipinski definition) is 1. The van der Waals surface area contributed by atoms with Gasteiger partial charge in [-0.1, -0.05) is 19.0 Å². The Morgan fingerprint density at radius 2 is 2.35 bits per heavy atom. The fourth-order valence-corrected chi connectivity index (χ4v) is 2.36. The molecule has 2 heterocycles. The minimum absolute atomic E-state index is 0.591. The maximum atomic E-state index is 5.16. The third-order valence-electron chi connectivity index (χ3n) is 3.02. The van der Waals surface area contributed by atoms with Crippen LogP contribution in [-0.4, -0.2) is 40.7 Å². The molecule has 0 aromatic carbocycles. The lowest BCUT2D eigenvalue weighted by atomic mass is 10.0. The van der Waals surface area contributed by atoms with Crippen LogP contribution in [0.3, 0.4) is 0 Å². The van der Waals surface area contributed by atoms with Crippen molar-refractivity contribution >= 4 is 0 Å². The second-order valence-electron chi connectivity index (χ2n) is 5.25. The Morgan fingerprint density at radius 1 is 1.53 bits per heavy atom. The first-order valence-corrected chi connectivity index (χ1v) is 6.38. The highest BCUT2D eigenvalue weighted by Crippen LogP contribution is 2.11. The molecule has 1 fully saturated rings. The van der Waals surface area contributed by atoms with E-state index in [1.807, 2.05) is 6.92 Å². The lowest BCUT2D eigenvalue weighted by molar-refractivity contribution is 0.161. The van der Waals surface area contributed by atoms with E-state index in [-0.39, 0.29) is 0 Å². The van der Waals surface area contributed by atoms with E-state index in [2.05, 4.69) is 34.2 Å². The number of rotatable bonds is 4. The lowest BCUT2D eigenvalue weighted by Gasteiger charge is -2.33. The fraction of sp³-hybridized carbons (Fsp3) is 0.833. The van der Waals surface area contributed by atoms with Gasteiger partial charge in [-0.05, 0) is 19.3 Å². The Kier molecular flexibility index (Phi) is 4.12. The highest BCUT2D eigenvalue weighted by atomic mass is 16.5. The Morgan fingerprint density at radius 3 is 3.00 bits per heavy atom. The summed E-state index contributed by atoms with van der Waals surface area (Å²) in [7, 11) is 0. The van der Waals surface area contributed by atoms with Crippen molar-refractivity contribution in [3.63, 3.8) is 0 Å². The van der Waals surface area contributed by atoms with Crippen LogP contribution in [0.4, 0.5) is 0 Å². The van der Waals surface area contributed by atoms with E-state index in [0.29, 0.717) is 11.9 Å². The molecule has 0 aliphatic carbocycles. The second kappa shape index (κ2) is 5.60. The molecule has 1 aliphatic rings. The summed E-state index contributed by atoms with van der Waals surface area (Å²) >= 11 is 0. The first-order valence-electron chi connectivity index (χ1n) is 6.38. The van der Waals surface area contributed by atoms with Gasteiger partial charge in [0.15, 0.2) is 5.82 Å². The number of nitrogens with one attached hydrogen (secondary N) is 1. The number of aryl methyl sites for hydroxylation is 1. The fourth-order valence-electron chi connectivity index (χ4n) is 2.36. The number of piperazine rings is 1. The molecule has 2 rings (SSSR count). The average Bonchev–Trinajstić information content (AvgIpc) is 2.63. The number of hydrogen-bond acceptors (Lipinski definition) is 5. The van der Waals surface area contributed by atoms with Crippen molar-refractivity contribution in [1.29, 1.82) is 0 Å². The van der Waals surface area contributed by atoms with Crippen LogP contribution >= 0.6 is 0 Å². The summed E-state index contributed by atoms with van der Waals surface area (Å²) in [6.45, 7) is 10.3. The van der Waals surface area contributed by atoms with E-state index in [0.717, 1.165) is 38.0 Å². The Labute approximate surface area is 103 Å². The van der Waals surface area contributed by atoms with Crippen LogP contribution < -0.4 is 5.32 Å². The molecule has 1 N–H and O–H groups in total. The first kappa shape index (κ1) is 12.5. The highest BCUT2D eigenvalue weighted by Gasteiger charge is 2.21. The molecule has 5 nitrogen and oxygen atoms in total. The summed E-state index contributed by atoms with van der Waals surface area (Å²) in [6.07, 6.45) is 1.22. The van der Waals surface area contributed by atoms with Crippen LogP contribution in [0.25, 0.3) is 0 Å². The van der Waals surface area contributed by atoms with Crippen LogP contribution in [-0.2, 0) is 6.54 Å². The van der Waals surface area contributed by atoms with Gasteiger partial charge in [0, 0.05) is 25.7 Å².